The SMILES string of the molecule is CC(C)C(CCCN)c1ccc2c(c1)CCC(=O)N2. The monoisotopic (exact) mass is 260 g/mol. The van der Waals surface area contributed by atoms with E-state index in [4.69, 9.17) is 5.73 Å². The predicted molar refractivity (Wildman–Crippen MR) is 79.3 cm³/mol. The largest absolute Gasteiger partial charge is 0.330 e. The zero-order valence-electron chi connectivity index (χ0n) is 11.9. The van der Waals surface area contributed by atoms with Crippen LogP contribution < -0.4 is 11.1 Å². The van der Waals surface area contributed by atoms with Crippen LogP contribution in [0.3, 0.4) is 0 Å². The number of amides is 1. The molecule has 1 aliphatic rings. The number of anilines is 1. The third kappa shape index (κ3) is 3.35. The molecule has 3 heteroatoms. The van der Waals surface area contributed by atoms with Crippen molar-refractivity contribution in [3.05, 3.63) is 29.3 Å². The Morgan fingerprint density at radius 1 is 1.32 bits per heavy atom. The van der Waals surface area contributed by atoms with Gasteiger partial charge in [-0.25, -0.2) is 0 Å². The molecule has 0 aromatic heterocycles. The summed E-state index contributed by atoms with van der Waals surface area (Å²) in [6.45, 7) is 5.29. The summed E-state index contributed by atoms with van der Waals surface area (Å²) in [6.07, 6.45) is 3.66. The zero-order valence-corrected chi connectivity index (χ0v) is 11.9. The van der Waals surface area contributed by atoms with Crippen LogP contribution in [0, 0.1) is 5.92 Å². The highest BCUT2D eigenvalue weighted by atomic mass is 16.1. The van der Waals surface area contributed by atoms with Gasteiger partial charge in [-0.2, -0.15) is 0 Å². The van der Waals surface area contributed by atoms with Crippen molar-refractivity contribution in [3.8, 4) is 0 Å². The fraction of sp³-hybridized carbons (Fsp3) is 0.562. The van der Waals surface area contributed by atoms with Crippen molar-refractivity contribution in [1.82, 2.24) is 0 Å². The highest BCUT2D eigenvalue weighted by Gasteiger charge is 2.19. The maximum absolute atomic E-state index is 11.4. The molecule has 1 atom stereocenters. The summed E-state index contributed by atoms with van der Waals surface area (Å²) in [5.74, 6) is 1.30. The van der Waals surface area contributed by atoms with E-state index in [1.54, 1.807) is 0 Å². The highest BCUT2D eigenvalue weighted by molar-refractivity contribution is 5.93. The molecule has 0 saturated carbocycles. The second kappa shape index (κ2) is 6.20. The van der Waals surface area contributed by atoms with Crippen molar-refractivity contribution >= 4 is 11.6 Å². The van der Waals surface area contributed by atoms with E-state index in [0.29, 0.717) is 18.3 Å². The van der Waals surface area contributed by atoms with Gasteiger partial charge in [0, 0.05) is 12.1 Å². The lowest BCUT2D eigenvalue weighted by atomic mass is 9.83. The van der Waals surface area contributed by atoms with Crippen LogP contribution in [0.15, 0.2) is 18.2 Å². The molecule has 1 unspecified atom stereocenters. The molecule has 0 fully saturated rings. The first-order chi connectivity index (χ1) is 9.11. The summed E-state index contributed by atoms with van der Waals surface area (Å²) >= 11 is 0. The van der Waals surface area contributed by atoms with E-state index in [9.17, 15) is 4.79 Å². The normalized spacial score (nSPS) is 16.1. The number of hydrogen-bond donors (Lipinski definition) is 2. The molecule has 0 spiro atoms. The van der Waals surface area contributed by atoms with Crippen molar-refractivity contribution < 1.29 is 4.79 Å². The molecule has 1 amide bonds. The van der Waals surface area contributed by atoms with Crippen LogP contribution in [0.4, 0.5) is 5.69 Å². The van der Waals surface area contributed by atoms with Crippen molar-refractivity contribution in [2.24, 2.45) is 11.7 Å². The first-order valence-corrected chi connectivity index (χ1v) is 7.24. The van der Waals surface area contributed by atoms with Gasteiger partial charge in [0.2, 0.25) is 5.91 Å². The third-order valence-electron chi connectivity index (χ3n) is 3.98. The van der Waals surface area contributed by atoms with Crippen molar-refractivity contribution in [2.75, 3.05) is 11.9 Å². The minimum Gasteiger partial charge on any atom is -0.330 e. The molecule has 3 nitrogen and oxygen atoms in total. The number of hydrogen-bond acceptors (Lipinski definition) is 2. The average molecular weight is 260 g/mol. The van der Waals surface area contributed by atoms with Crippen molar-refractivity contribution in [3.63, 3.8) is 0 Å². The van der Waals surface area contributed by atoms with E-state index in [0.717, 1.165) is 31.5 Å². The van der Waals surface area contributed by atoms with Gasteiger partial charge in [0.05, 0.1) is 0 Å². The minimum atomic E-state index is 0.129. The van der Waals surface area contributed by atoms with Crippen LogP contribution in [0.2, 0.25) is 0 Å². The predicted octanol–water partition coefficient (Wildman–Crippen LogP) is 3.05. The molecule has 1 aromatic carbocycles. The Morgan fingerprint density at radius 2 is 2.11 bits per heavy atom. The van der Waals surface area contributed by atoms with E-state index in [1.165, 1.54) is 11.1 Å². The third-order valence-corrected chi connectivity index (χ3v) is 3.98. The van der Waals surface area contributed by atoms with Crippen molar-refractivity contribution in [2.45, 2.75) is 45.4 Å². The molecular formula is C16H24N2O. The van der Waals surface area contributed by atoms with Gasteiger partial charge in [0.25, 0.3) is 0 Å². The Kier molecular flexibility index (Phi) is 4.59. The van der Waals surface area contributed by atoms with Gasteiger partial charge < -0.3 is 11.1 Å². The molecule has 3 N–H and O–H groups in total. The summed E-state index contributed by atoms with van der Waals surface area (Å²) < 4.78 is 0. The molecule has 0 aliphatic carbocycles. The molecule has 1 aromatic rings. The molecule has 2 rings (SSSR count). The number of nitrogens with two attached hydrogens (primary N) is 1. The van der Waals surface area contributed by atoms with E-state index in [-0.39, 0.29) is 5.91 Å². The molecule has 0 saturated heterocycles. The van der Waals surface area contributed by atoms with E-state index < -0.39 is 0 Å². The molecule has 1 aliphatic heterocycles. The minimum absolute atomic E-state index is 0.129. The van der Waals surface area contributed by atoms with Gasteiger partial charge in [-0.05, 0) is 54.8 Å². The number of carbonyl (C=O) groups excluding carboxylic acids is 1. The number of fused-ring (bicyclic) bond motifs is 1. The second-order valence-electron chi connectivity index (χ2n) is 5.75. The summed E-state index contributed by atoms with van der Waals surface area (Å²) in [7, 11) is 0. The molecule has 1 heterocycles. The average Bonchev–Trinajstić information content (AvgIpc) is 2.39. The standard InChI is InChI=1S/C16H24N2O/c1-11(2)14(4-3-9-17)12-5-7-15-13(10-12)6-8-16(19)18-15/h5,7,10-11,14H,3-4,6,8-9,17H2,1-2H3,(H,18,19). The lowest BCUT2D eigenvalue weighted by molar-refractivity contribution is -0.116. The van der Waals surface area contributed by atoms with Gasteiger partial charge in [-0.15, -0.1) is 0 Å². The summed E-state index contributed by atoms with van der Waals surface area (Å²) in [6, 6.07) is 6.49. The topological polar surface area (TPSA) is 55.1 Å². The summed E-state index contributed by atoms with van der Waals surface area (Å²) in [5.41, 5.74) is 9.28. The number of nitrogens with one attached hydrogen (secondary N) is 1. The molecule has 104 valence electrons. The Morgan fingerprint density at radius 3 is 2.79 bits per heavy atom. The Labute approximate surface area is 115 Å². The van der Waals surface area contributed by atoms with Crippen LogP contribution in [-0.2, 0) is 11.2 Å². The molecule has 0 bridgehead atoms. The Bertz CT molecular complexity index is 454. The summed E-state index contributed by atoms with van der Waals surface area (Å²) in [4.78, 5) is 11.4. The van der Waals surface area contributed by atoms with Gasteiger partial charge in [-0.3, -0.25) is 4.79 Å². The zero-order chi connectivity index (χ0) is 13.8. The van der Waals surface area contributed by atoms with Gasteiger partial charge >= 0.3 is 0 Å². The Balaban J connectivity index is 2.21. The smallest absolute Gasteiger partial charge is 0.224 e. The lowest BCUT2D eigenvalue weighted by Gasteiger charge is -2.24. The van der Waals surface area contributed by atoms with Crippen molar-refractivity contribution in [1.29, 1.82) is 0 Å². The summed E-state index contributed by atoms with van der Waals surface area (Å²) in [5, 5.41) is 2.94. The molecular weight excluding hydrogens is 236 g/mol. The Hall–Kier alpha value is -1.35. The van der Waals surface area contributed by atoms with Gasteiger partial charge in [0.1, 0.15) is 0 Å². The fourth-order valence-electron chi connectivity index (χ4n) is 2.86. The quantitative estimate of drug-likeness (QED) is 0.855. The maximum atomic E-state index is 11.4. The van der Waals surface area contributed by atoms with E-state index in [1.807, 2.05) is 0 Å². The number of carbonyl (C=O) groups is 1. The lowest BCUT2D eigenvalue weighted by Crippen LogP contribution is -2.19. The van der Waals surface area contributed by atoms with E-state index >= 15 is 0 Å². The second-order valence-corrected chi connectivity index (χ2v) is 5.75. The van der Waals surface area contributed by atoms with Gasteiger partial charge in [-0.1, -0.05) is 26.0 Å². The van der Waals surface area contributed by atoms with E-state index in [2.05, 4.69) is 37.4 Å². The highest BCUT2D eigenvalue weighted by Crippen LogP contribution is 2.33. The first-order valence-electron chi connectivity index (χ1n) is 7.24. The fourth-order valence-corrected chi connectivity index (χ4v) is 2.86. The first kappa shape index (κ1) is 14.1. The molecule has 0 radical (unpaired) electrons. The molecule has 19 heavy (non-hydrogen) atoms. The van der Waals surface area contributed by atoms with Crippen LogP contribution >= 0.6 is 0 Å². The van der Waals surface area contributed by atoms with Gasteiger partial charge in [0.15, 0.2) is 0 Å². The van der Waals surface area contributed by atoms with Crippen LogP contribution in [0.1, 0.15) is 50.2 Å². The van der Waals surface area contributed by atoms with Crippen LogP contribution in [0.5, 0.6) is 0 Å². The maximum Gasteiger partial charge on any atom is 0.224 e. The number of aryl methyl sites for hydroxylation is 1. The van der Waals surface area contributed by atoms with Crippen LogP contribution in [0.25, 0.3) is 0 Å². The van der Waals surface area contributed by atoms with Crippen LogP contribution in [-0.4, -0.2) is 12.5 Å². The number of benzene rings is 1. The number of rotatable bonds is 5.